The molecule has 9 heteroatoms. The van der Waals surface area contributed by atoms with E-state index in [1.807, 2.05) is 0 Å². The van der Waals surface area contributed by atoms with Crippen molar-refractivity contribution in [2.75, 3.05) is 19.8 Å². The van der Waals surface area contributed by atoms with Gasteiger partial charge in [0.25, 0.3) is 0 Å². The number of sulfonamides is 1. The van der Waals surface area contributed by atoms with E-state index in [2.05, 4.69) is 0 Å². The molecule has 0 aliphatic carbocycles. The summed E-state index contributed by atoms with van der Waals surface area (Å²) in [5.41, 5.74) is 0. The summed E-state index contributed by atoms with van der Waals surface area (Å²) in [7, 11) is -5.91. The van der Waals surface area contributed by atoms with E-state index in [1.54, 1.807) is 23.8 Å². The van der Waals surface area contributed by atoms with Crippen molar-refractivity contribution in [3.63, 3.8) is 0 Å². The Labute approximate surface area is 147 Å². The fourth-order valence-electron chi connectivity index (χ4n) is 3.51. The zero-order valence-electron chi connectivity index (χ0n) is 14.0. The van der Waals surface area contributed by atoms with Gasteiger partial charge in [-0.2, -0.15) is 0 Å². The molecule has 0 spiro atoms. The van der Waals surface area contributed by atoms with E-state index in [4.69, 9.17) is 16.0 Å². The van der Waals surface area contributed by atoms with E-state index in [1.165, 1.54) is 29.5 Å². The second-order valence-corrected chi connectivity index (χ2v) is 14.9. The van der Waals surface area contributed by atoms with Gasteiger partial charge in [-0.15, -0.1) is 0 Å². The molecule has 1 fully saturated rings. The molecule has 2 aliphatic rings. The maximum atomic E-state index is 14.9. The van der Waals surface area contributed by atoms with Crippen LogP contribution in [0.15, 0.2) is 29.2 Å². The molecule has 0 aromatic heterocycles. The Morgan fingerprint density at radius 2 is 1.96 bits per heavy atom. The molecule has 1 aromatic rings. The van der Waals surface area contributed by atoms with Crippen LogP contribution in [0.1, 0.15) is 12.8 Å². The van der Waals surface area contributed by atoms with Crippen molar-refractivity contribution in [2.45, 2.75) is 36.9 Å². The number of halogens is 2. The van der Waals surface area contributed by atoms with E-state index in [0.29, 0.717) is 23.9 Å². The van der Waals surface area contributed by atoms with Gasteiger partial charge in [0, 0.05) is 0 Å². The molecule has 24 heavy (non-hydrogen) atoms. The molecule has 1 atom stereocenters. The fraction of sp³-hybridized carbons (Fsp3) is 0.533. The van der Waals surface area contributed by atoms with Crippen LogP contribution in [-0.2, 0) is 14.4 Å². The normalized spacial score (nSPS) is 28.4. The van der Waals surface area contributed by atoms with Gasteiger partial charge >= 0.3 is 147 Å². The molecule has 0 radical (unpaired) electrons. The van der Waals surface area contributed by atoms with Crippen LogP contribution in [-0.4, -0.2) is 56.9 Å². The van der Waals surface area contributed by atoms with E-state index < -0.39 is 24.0 Å². The van der Waals surface area contributed by atoms with Crippen LogP contribution in [0.2, 0.25) is 18.1 Å². The molecular weight excluding hydrogens is 371 g/mol. The molecule has 5 nitrogen and oxygen atoms in total. The van der Waals surface area contributed by atoms with Gasteiger partial charge in [0.1, 0.15) is 0 Å². The van der Waals surface area contributed by atoms with Gasteiger partial charge in [-0.3, -0.25) is 0 Å². The third kappa shape index (κ3) is 3.24. The number of hydrogen-bond acceptors (Lipinski definition) is 3. The second kappa shape index (κ2) is 5.52. The summed E-state index contributed by atoms with van der Waals surface area (Å²) in [4.78, 5) is 0.188. The van der Waals surface area contributed by atoms with Crippen molar-refractivity contribution >= 4 is 35.5 Å². The topological polar surface area (TPSA) is 49.6 Å². The predicted octanol–water partition coefficient (Wildman–Crippen LogP) is 2.73. The van der Waals surface area contributed by atoms with Gasteiger partial charge in [0.15, 0.2) is 0 Å². The van der Waals surface area contributed by atoms with Crippen LogP contribution >= 0.6 is 11.6 Å². The number of rotatable bonds is 3. The van der Waals surface area contributed by atoms with E-state index >= 15 is 0 Å². The first-order chi connectivity index (χ1) is 11.0. The summed E-state index contributed by atoms with van der Waals surface area (Å²) in [5, 5.41) is 0.480. The third-order valence-corrected chi connectivity index (χ3v) is 8.75. The summed E-state index contributed by atoms with van der Waals surface area (Å²) in [6.07, 6.45) is 1.56. The summed E-state index contributed by atoms with van der Waals surface area (Å²) in [5.74, 6) is 0.436. The Bertz CT molecular complexity index is 802. The Kier molecular flexibility index (Phi) is 4.10. The maximum absolute atomic E-state index is 14.9. The molecule has 0 unspecified atom stereocenters. The van der Waals surface area contributed by atoms with Gasteiger partial charge in [-0.25, -0.2) is 0 Å². The van der Waals surface area contributed by atoms with Gasteiger partial charge in [-0.1, -0.05) is 0 Å². The number of hydrogen-bond donors (Lipinski definition) is 0. The summed E-state index contributed by atoms with van der Waals surface area (Å²) in [6.45, 7) is 3.45. The molecule has 0 saturated carbocycles. The standard InChI is InChI=1S/C15H22ClFN2O3SSi/c1-18-11-24(2,3,17)22-15(18)14-5-4-10-19(14)23(20,21)13-8-6-12(16)7-9-13/h6-9,14H,4-5,10-11H2,1-3H3/t14-/m0/s1. The second-order valence-electron chi connectivity index (χ2n) is 7.37. The Morgan fingerprint density at radius 1 is 1.33 bits per heavy atom. The Hall–Kier alpha value is -0.963. The van der Waals surface area contributed by atoms with E-state index in [9.17, 15) is 12.5 Å². The van der Waals surface area contributed by atoms with E-state index in [0.717, 1.165) is 6.42 Å². The number of benzene rings is 1. The average Bonchev–Trinajstić information content (AvgIpc) is 3.01. The average molecular weight is 393 g/mol. The summed E-state index contributed by atoms with van der Waals surface area (Å²) in [6, 6.07) is 5.64. The van der Waals surface area contributed by atoms with Crippen molar-refractivity contribution in [2.24, 2.45) is 0 Å². The minimum absolute atomic E-state index is 0.188. The molecule has 2 heterocycles. The van der Waals surface area contributed by atoms with Crippen molar-refractivity contribution in [1.29, 1.82) is 0 Å². The molecule has 0 N–H and O–H groups in total. The first-order valence-corrected chi connectivity index (χ1v) is 13.3. The Balaban J connectivity index is 1.94. The summed E-state index contributed by atoms with van der Waals surface area (Å²) >= 11 is 5.84. The zero-order chi connectivity index (χ0) is 17.8. The van der Waals surface area contributed by atoms with Gasteiger partial charge in [-0.05, 0) is 0 Å². The van der Waals surface area contributed by atoms with Crippen molar-refractivity contribution in [3.8, 4) is 0 Å². The van der Waals surface area contributed by atoms with Crippen LogP contribution in [0.4, 0.5) is 4.11 Å². The fourth-order valence-corrected chi connectivity index (χ4v) is 7.77. The molecular formula is C15H22ClFN2O3SSi. The van der Waals surface area contributed by atoms with Crippen molar-refractivity contribution < 1.29 is 21.5 Å². The molecule has 2 aliphatic heterocycles. The minimum atomic E-state index is -3.99. The SMILES string of the molecule is C[N+]1=C([C@@H]2CCCN2S(=O)(=O)c2ccc(Cl)cc2)O[Si-](C)(C)(F)C1. The van der Waals surface area contributed by atoms with Crippen LogP contribution in [0.3, 0.4) is 0 Å². The molecule has 0 amide bonds. The van der Waals surface area contributed by atoms with Crippen molar-refractivity contribution in [1.82, 2.24) is 4.31 Å². The van der Waals surface area contributed by atoms with E-state index in [-0.39, 0.29) is 11.1 Å². The Morgan fingerprint density at radius 3 is 2.50 bits per heavy atom. The molecule has 0 bridgehead atoms. The first kappa shape index (κ1) is 17.8. The summed E-state index contributed by atoms with van der Waals surface area (Å²) < 4.78 is 49.7. The third-order valence-electron chi connectivity index (χ3n) is 4.38. The quantitative estimate of drug-likeness (QED) is 0.451. The van der Waals surface area contributed by atoms with Gasteiger partial charge < -0.3 is 0 Å². The molecule has 1 saturated heterocycles. The van der Waals surface area contributed by atoms with Crippen LogP contribution < -0.4 is 0 Å². The first-order valence-electron chi connectivity index (χ1n) is 7.94. The molecule has 3 rings (SSSR count). The van der Waals surface area contributed by atoms with Crippen LogP contribution in [0.5, 0.6) is 0 Å². The van der Waals surface area contributed by atoms with Crippen molar-refractivity contribution in [3.05, 3.63) is 29.3 Å². The number of nitrogens with zero attached hydrogens (tertiary/aromatic N) is 2. The zero-order valence-corrected chi connectivity index (χ0v) is 16.6. The molecule has 1 aromatic carbocycles. The van der Waals surface area contributed by atoms with Gasteiger partial charge in [0.2, 0.25) is 0 Å². The predicted molar refractivity (Wildman–Crippen MR) is 94.1 cm³/mol. The van der Waals surface area contributed by atoms with Crippen LogP contribution in [0.25, 0.3) is 0 Å². The molecule has 134 valence electrons. The van der Waals surface area contributed by atoms with Crippen LogP contribution in [0, 0.1) is 0 Å². The monoisotopic (exact) mass is 392 g/mol. The van der Waals surface area contributed by atoms with Gasteiger partial charge in [0.05, 0.1) is 0 Å².